The summed E-state index contributed by atoms with van der Waals surface area (Å²) >= 11 is 0. The van der Waals surface area contributed by atoms with Crippen LogP contribution in [0.4, 0.5) is 0 Å². The van der Waals surface area contributed by atoms with Crippen LogP contribution in [0, 0.1) is 11.3 Å². The molecule has 1 aromatic heterocycles. The van der Waals surface area contributed by atoms with E-state index in [2.05, 4.69) is 16.5 Å². The molecule has 0 unspecified atom stereocenters. The Morgan fingerprint density at radius 1 is 1.55 bits per heavy atom. The minimum absolute atomic E-state index is 0.300. The molecule has 2 N–H and O–H groups in total. The highest BCUT2D eigenvalue weighted by atomic mass is 14.9. The fourth-order valence-corrected chi connectivity index (χ4v) is 0.552. The third kappa shape index (κ3) is 1.52. The molecule has 0 spiro atoms. The zero-order valence-corrected chi connectivity index (χ0v) is 5.78. The molecule has 0 bridgehead atoms. The first-order chi connectivity index (χ1) is 5.24. The fraction of sp³-hybridized carbons (Fsp3) is 0. The standard InChI is InChI=1S/C7H6N4/c1-5(9)7-10-3-6(2-8)4-11-7/h3-4H,1,9H2. The third-order valence-electron chi connectivity index (χ3n) is 1.07. The number of rotatable bonds is 1. The van der Waals surface area contributed by atoms with E-state index in [0.717, 1.165) is 0 Å². The molecule has 0 aliphatic heterocycles. The van der Waals surface area contributed by atoms with E-state index in [4.69, 9.17) is 11.0 Å². The first kappa shape index (κ1) is 7.22. The minimum atomic E-state index is 0.300. The van der Waals surface area contributed by atoms with Gasteiger partial charge in [-0.15, -0.1) is 0 Å². The van der Waals surface area contributed by atoms with Crippen molar-refractivity contribution in [1.29, 1.82) is 5.26 Å². The summed E-state index contributed by atoms with van der Waals surface area (Å²) in [4.78, 5) is 7.58. The molecular weight excluding hydrogens is 140 g/mol. The van der Waals surface area contributed by atoms with Gasteiger partial charge in [0.05, 0.1) is 11.3 Å². The topological polar surface area (TPSA) is 75.6 Å². The van der Waals surface area contributed by atoms with Gasteiger partial charge in [0.2, 0.25) is 0 Å². The molecule has 4 heteroatoms. The maximum Gasteiger partial charge on any atom is 0.174 e. The van der Waals surface area contributed by atoms with E-state index in [1.165, 1.54) is 12.4 Å². The van der Waals surface area contributed by atoms with Crippen LogP contribution in [-0.4, -0.2) is 9.97 Å². The first-order valence-corrected chi connectivity index (χ1v) is 2.91. The van der Waals surface area contributed by atoms with Gasteiger partial charge in [0, 0.05) is 12.4 Å². The largest absolute Gasteiger partial charge is 0.396 e. The highest BCUT2D eigenvalue weighted by Crippen LogP contribution is 1.98. The molecule has 0 aliphatic rings. The average Bonchev–Trinajstić information content (AvgIpc) is 2.05. The van der Waals surface area contributed by atoms with Crippen LogP contribution in [0.5, 0.6) is 0 Å². The van der Waals surface area contributed by atoms with Gasteiger partial charge in [-0.1, -0.05) is 6.58 Å². The van der Waals surface area contributed by atoms with Gasteiger partial charge >= 0.3 is 0 Å². The SMILES string of the molecule is C=C(N)c1ncc(C#N)cn1. The summed E-state index contributed by atoms with van der Waals surface area (Å²) in [5, 5.41) is 8.38. The Bertz CT molecular complexity index is 306. The van der Waals surface area contributed by atoms with Crippen molar-refractivity contribution in [3.05, 3.63) is 30.4 Å². The lowest BCUT2D eigenvalue weighted by Crippen LogP contribution is -2.00. The summed E-state index contributed by atoms with van der Waals surface area (Å²) in [6.45, 7) is 3.45. The van der Waals surface area contributed by atoms with E-state index in [9.17, 15) is 0 Å². The smallest absolute Gasteiger partial charge is 0.174 e. The monoisotopic (exact) mass is 146 g/mol. The zero-order valence-electron chi connectivity index (χ0n) is 5.78. The Labute approximate surface area is 64.0 Å². The molecule has 54 valence electrons. The lowest BCUT2D eigenvalue weighted by atomic mass is 10.4. The van der Waals surface area contributed by atoms with Gasteiger partial charge in [-0.25, -0.2) is 9.97 Å². The third-order valence-corrected chi connectivity index (χ3v) is 1.07. The summed E-state index contributed by atoms with van der Waals surface area (Å²) in [6.07, 6.45) is 2.81. The van der Waals surface area contributed by atoms with Gasteiger partial charge in [0.25, 0.3) is 0 Å². The van der Waals surface area contributed by atoms with Crippen molar-refractivity contribution < 1.29 is 0 Å². The molecular formula is C7H6N4. The summed E-state index contributed by atoms with van der Waals surface area (Å²) in [6, 6.07) is 1.90. The van der Waals surface area contributed by atoms with Crippen LogP contribution >= 0.6 is 0 Å². The Balaban J connectivity index is 3.03. The molecule has 1 rings (SSSR count). The number of hydrogen-bond donors (Lipinski definition) is 1. The Hall–Kier alpha value is -1.89. The Morgan fingerprint density at radius 3 is 2.45 bits per heavy atom. The number of nitriles is 1. The molecule has 4 nitrogen and oxygen atoms in total. The second kappa shape index (κ2) is 2.80. The highest BCUT2D eigenvalue weighted by molar-refractivity contribution is 5.52. The Morgan fingerprint density at radius 2 is 2.09 bits per heavy atom. The van der Waals surface area contributed by atoms with E-state index in [1.54, 1.807) is 0 Å². The predicted molar refractivity (Wildman–Crippen MR) is 40.0 cm³/mol. The van der Waals surface area contributed by atoms with E-state index < -0.39 is 0 Å². The lowest BCUT2D eigenvalue weighted by Gasteiger charge is -1.94. The number of aromatic nitrogens is 2. The van der Waals surface area contributed by atoms with E-state index in [0.29, 0.717) is 17.1 Å². The lowest BCUT2D eigenvalue weighted by molar-refractivity contribution is 1.10. The number of hydrogen-bond acceptors (Lipinski definition) is 4. The van der Waals surface area contributed by atoms with E-state index in [-0.39, 0.29) is 0 Å². The van der Waals surface area contributed by atoms with Crippen molar-refractivity contribution in [2.75, 3.05) is 0 Å². The maximum absolute atomic E-state index is 8.38. The average molecular weight is 146 g/mol. The fourth-order valence-electron chi connectivity index (χ4n) is 0.552. The molecule has 0 aliphatic carbocycles. The van der Waals surface area contributed by atoms with Crippen molar-refractivity contribution in [3.8, 4) is 6.07 Å². The second-order valence-electron chi connectivity index (χ2n) is 1.93. The quantitative estimate of drug-likeness (QED) is 0.617. The van der Waals surface area contributed by atoms with Crippen LogP contribution in [0.25, 0.3) is 5.70 Å². The van der Waals surface area contributed by atoms with Gasteiger partial charge < -0.3 is 5.73 Å². The van der Waals surface area contributed by atoms with E-state index >= 15 is 0 Å². The van der Waals surface area contributed by atoms with E-state index in [1.807, 2.05) is 6.07 Å². The van der Waals surface area contributed by atoms with Gasteiger partial charge in [-0.2, -0.15) is 5.26 Å². The molecule has 11 heavy (non-hydrogen) atoms. The van der Waals surface area contributed by atoms with Crippen LogP contribution in [0.1, 0.15) is 11.4 Å². The minimum Gasteiger partial charge on any atom is -0.396 e. The second-order valence-corrected chi connectivity index (χ2v) is 1.93. The molecule has 0 aromatic carbocycles. The summed E-state index contributed by atoms with van der Waals surface area (Å²) in [5.41, 5.74) is 6.02. The molecule has 0 saturated carbocycles. The summed E-state index contributed by atoms with van der Waals surface area (Å²) in [7, 11) is 0. The highest BCUT2D eigenvalue weighted by Gasteiger charge is 1.96. The van der Waals surface area contributed by atoms with Crippen molar-refractivity contribution in [2.24, 2.45) is 5.73 Å². The summed E-state index contributed by atoms with van der Waals surface area (Å²) in [5.74, 6) is 0.365. The van der Waals surface area contributed by atoms with Gasteiger partial charge in [-0.3, -0.25) is 0 Å². The number of nitrogens with two attached hydrogens (primary N) is 1. The van der Waals surface area contributed by atoms with Crippen LogP contribution in [0.2, 0.25) is 0 Å². The molecule has 0 saturated heterocycles. The van der Waals surface area contributed by atoms with Crippen molar-refractivity contribution in [1.82, 2.24) is 9.97 Å². The van der Waals surface area contributed by atoms with Gasteiger partial charge in [0.15, 0.2) is 5.82 Å². The molecule has 1 aromatic rings. The first-order valence-electron chi connectivity index (χ1n) is 2.91. The van der Waals surface area contributed by atoms with Crippen LogP contribution in [-0.2, 0) is 0 Å². The molecule has 1 heterocycles. The van der Waals surface area contributed by atoms with Crippen LogP contribution in [0.15, 0.2) is 19.0 Å². The van der Waals surface area contributed by atoms with Gasteiger partial charge in [-0.05, 0) is 0 Å². The summed E-state index contributed by atoms with van der Waals surface area (Å²) < 4.78 is 0. The normalized spacial score (nSPS) is 8.64. The number of nitrogens with zero attached hydrogens (tertiary/aromatic N) is 3. The zero-order chi connectivity index (χ0) is 8.27. The van der Waals surface area contributed by atoms with Crippen molar-refractivity contribution in [3.63, 3.8) is 0 Å². The molecule has 0 radical (unpaired) electrons. The maximum atomic E-state index is 8.38. The molecule has 0 fully saturated rings. The van der Waals surface area contributed by atoms with Gasteiger partial charge in [0.1, 0.15) is 6.07 Å². The van der Waals surface area contributed by atoms with Crippen LogP contribution < -0.4 is 5.73 Å². The molecule has 0 atom stereocenters. The van der Waals surface area contributed by atoms with Crippen molar-refractivity contribution >= 4 is 5.70 Å². The molecule has 0 amide bonds. The predicted octanol–water partition coefficient (Wildman–Crippen LogP) is 0.278. The van der Waals surface area contributed by atoms with Crippen LogP contribution in [0.3, 0.4) is 0 Å². The Kier molecular flexibility index (Phi) is 1.83. The van der Waals surface area contributed by atoms with Crippen molar-refractivity contribution in [2.45, 2.75) is 0 Å².